The first-order valence-electron chi connectivity index (χ1n) is 5.77. The lowest BCUT2D eigenvalue weighted by Crippen LogP contribution is -2.08. The molecule has 2 rings (SSSR count). The fourth-order valence-corrected chi connectivity index (χ4v) is 2.27. The molecule has 0 fully saturated rings. The minimum absolute atomic E-state index is 0.0487. The number of phenols is 1. The summed E-state index contributed by atoms with van der Waals surface area (Å²) >= 11 is 7.20. The van der Waals surface area contributed by atoms with Gasteiger partial charge in [-0.1, -0.05) is 6.07 Å². The van der Waals surface area contributed by atoms with Gasteiger partial charge in [-0.3, -0.25) is 9.59 Å². The number of hydrogen-bond acceptors (Lipinski definition) is 4. The van der Waals surface area contributed by atoms with Crippen LogP contribution in [0.1, 0.15) is 12.8 Å². The molecule has 2 aromatic carbocycles. The Bertz CT molecular complexity index is 684. The number of fused-ring (bicyclic) bond motifs is 1. The number of phenolic OH excluding ortho intramolecular Hbond substituents is 1. The van der Waals surface area contributed by atoms with Gasteiger partial charge in [-0.25, -0.2) is 0 Å². The van der Waals surface area contributed by atoms with Crippen molar-refractivity contribution in [2.75, 3.05) is 0 Å². The Labute approximate surface area is 133 Å². The van der Waals surface area contributed by atoms with Crippen molar-refractivity contribution in [1.29, 1.82) is 0 Å². The average Bonchev–Trinajstić information content (AvgIpc) is 2.38. The largest absolute Gasteiger partial charge is 0.507 e. The van der Waals surface area contributed by atoms with Gasteiger partial charge in [-0.2, -0.15) is 0 Å². The van der Waals surface area contributed by atoms with E-state index in [4.69, 9.17) is 16.3 Å². The van der Waals surface area contributed by atoms with Crippen LogP contribution in [0.2, 0.25) is 0 Å². The van der Waals surface area contributed by atoms with Crippen LogP contribution in [0, 0.1) is 3.57 Å². The second-order valence-corrected chi connectivity index (χ2v) is 5.73. The second kappa shape index (κ2) is 6.41. The zero-order valence-electron chi connectivity index (χ0n) is 10.2. The molecule has 0 saturated heterocycles. The van der Waals surface area contributed by atoms with E-state index in [9.17, 15) is 14.7 Å². The number of esters is 1. The highest BCUT2D eigenvalue weighted by Crippen LogP contribution is 2.29. The van der Waals surface area contributed by atoms with Crippen LogP contribution >= 0.6 is 34.2 Å². The number of aromatic hydroxyl groups is 1. The number of carbonyl (C=O) groups excluding carboxylic acids is 2. The molecule has 0 atom stereocenters. The molecule has 0 saturated carbocycles. The molecule has 1 N–H and O–H groups in total. The van der Waals surface area contributed by atoms with Crippen molar-refractivity contribution in [3.05, 3.63) is 33.9 Å². The molecular formula is C14H10ClIO4. The van der Waals surface area contributed by atoms with Crippen LogP contribution in [0.4, 0.5) is 0 Å². The molecule has 0 radical (unpaired) electrons. The normalized spacial score (nSPS) is 10.5. The van der Waals surface area contributed by atoms with Crippen LogP contribution in [0.25, 0.3) is 10.8 Å². The number of carbonyl (C=O) groups is 2. The lowest BCUT2D eigenvalue weighted by atomic mass is 10.1. The van der Waals surface area contributed by atoms with Crippen molar-refractivity contribution in [3.8, 4) is 11.5 Å². The molecule has 0 aromatic heterocycles. The van der Waals surface area contributed by atoms with Crippen molar-refractivity contribution in [2.24, 2.45) is 0 Å². The molecule has 0 bridgehead atoms. The Morgan fingerprint density at radius 2 is 1.90 bits per heavy atom. The molecule has 0 amide bonds. The maximum Gasteiger partial charge on any atom is 0.311 e. The standard InChI is InChI=1S/C14H10ClIO4/c15-13(18)3-4-14(19)20-10-2-1-8-6-11(16)12(17)7-9(8)5-10/h1-2,5-7,17H,3-4H2. The van der Waals surface area contributed by atoms with E-state index in [2.05, 4.69) is 0 Å². The van der Waals surface area contributed by atoms with E-state index >= 15 is 0 Å². The van der Waals surface area contributed by atoms with E-state index in [1.807, 2.05) is 28.7 Å². The van der Waals surface area contributed by atoms with Gasteiger partial charge < -0.3 is 9.84 Å². The van der Waals surface area contributed by atoms with Crippen molar-refractivity contribution >= 4 is 56.2 Å². The summed E-state index contributed by atoms with van der Waals surface area (Å²) in [6, 6.07) is 8.56. The first-order chi connectivity index (χ1) is 9.45. The third-order valence-electron chi connectivity index (χ3n) is 2.63. The second-order valence-electron chi connectivity index (χ2n) is 4.14. The van der Waals surface area contributed by atoms with Crippen LogP contribution < -0.4 is 4.74 Å². The fraction of sp³-hybridized carbons (Fsp3) is 0.143. The molecular weight excluding hydrogens is 395 g/mol. The first kappa shape index (κ1) is 15.1. The van der Waals surface area contributed by atoms with Gasteiger partial charge in [-0.05, 0) is 69.2 Å². The van der Waals surface area contributed by atoms with Gasteiger partial charge in [0.25, 0.3) is 0 Å². The molecule has 0 heterocycles. The van der Waals surface area contributed by atoms with Gasteiger partial charge in [0.15, 0.2) is 0 Å². The Morgan fingerprint density at radius 3 is 2.60 bits per heavy atom. The Hall–Kier alpha value is -1.34. The monoisotopic (exact) mass is 404 g/mol. The molecule has 4 nitrogen and oxygen atoms in total. The van der Waals surface area contributed by atoms with Crippen molar-refractivity contribution < 1.29 is 19.4 Å². The van der Waals surface area contributed by atoms with E-state index in [1.54, 1.807) is 24.3 Å². The van der Waals surface area contributed by atoms with Crippen molar-refractivity contribution in [3.63, 3.8) is 0 Å². The topological polar surface area (TPSA) is 63.6 Å². The maximum atomic E-state index is 11.5. The van der Waals surface area contributed by atoms with E-state index in [0.29, 0.717) is 5.75 Å². The van der Waals surface area contributed by atoms with E-state index < -0.39 is 11.2 Å². The van der Waals surface area contributed by atoms with Crippen molar-refractivity contribution in [1.82, 2.24) is 0 Å². The minimum Gasteiger partial charge on any atom is -0.507 e. The fourth-order valence-electron chi connectivity index (χ4n) is 1.68. The summed E-state index contributed by atoms with van der Waals surface area (Å²) in [6.45, 7) is 0. The summed E-state index contributed by atoms with van der Waals surface area (Å²) in [4.78, 5) is 22.1. The Kier molecular flexibility index (Phi) is 4.82. The molecule has 20 heavy (non-hydrogen) atoms. The molecule has 0 spiro atoms. The average molecular weight is 405 g/mol. The van der Waals surface area contributed by atoms with Crippen LogP contribution in [0.5, 0.6) is 11.5 Å². The summed E-state index contributed by atoms with van der Waals surface area (Å²) in [7, 11) is 0. The van der Waals surface area contributed by atoms with Gasteiger partial charge in [-0.15, -0.1) is 0 Å². The quantitative estimate of drug-likeness (QED) is 0.366. The smallest absolute Gasteiger partial charge is 0.311 e. The van der Waals surface area contributed by atoms with Gasteiger partial charge >= 0.3 is 5.97 Å². The van der Waals surface area contributed by atoms with Gasteiger partial charge in [0.2, 0.25) is 5.24 Å². The van der Waals surface area contributed by atoms with E-state index in [0.717, 1.165) is 14.3 Å². The van der Waals surface area contributed by atoms with Gasteiger partial charge in [0, 0.05) is 6.42 Å². The molecule has 0 aliphatic rings. The summed E-state index contributed by atoms with van der Waals surface area (Å²) in [5.74, 6) is 0.0209. The SMILES string of the molecule is O=C(Cl)CCC(=O)Oc1ccc2cc(I)c(O)cc2c1. The highest BCUT2D eigenvalue weighted by Gasteiger charge is 2.09. The Morgan fingerprint density at radius 1 is 1.15 bits per heavy atom. The first-order valence-corrected chi connectivity index (χ1v) is 7.22. The molecule has 2 aromatic rings. The molecule has 104 valence electrons. The van der Waals surface area contributed by atoms with E-state index in [-0.39, 0.29) is 18.6 Å². The van der Waals surface area contributed by atoms with Crippen LogP contribution in [0.3, 0.4) is 0 Å². The Balaban J connectivity index is 2.17. The maximum absolute atomic E-state index is 11.5. The summed E-state index contributed by atoms with van der Waals surface area (Å²) in [6.07, 6.45) is -0.106. The number of ether oxygens (including phenoxy) is 1. The number of rotatable bonds is 4. The van der Waals surface area contributed by atoms with Gasteiger partial charge in [0.05, 0.1) is 9.99 Å². The van der Waals surface area contributed by atoms with Crippen LogP contribution in [-0.2, 0) is 9.59 Å². The number of halogens is 2. The number of hydrogen-bond donors (Lipinski definition) is 1. The molecule has 6 heteroatoms. The lowest BCUT2D eigenvalue weighted by molar-refractivity contribution is -0.135. The zero-order chi connectivity index (χ0) is 14.7. The molecule has 0 aliphatic heterocycles. The lowest BCUT2D eigenvalue weighted by Gasteiger charge is -2.06. The minimum atomic E-state index is -0.569. The summed E-state index contributed by atoms with van der Waals surface area (Å²) in [5, 5.41) is 10.8. The predicted octanol–water partition coefficient (Wildman–Crippen LogP) is 3.60. The third kappa shape index (κ3) is 3.83. The van der Waals surface area contributed by atoms with Crippen LogP contribution in [-0.4, -0.2) is 16.3 Å². The highest BCUT2D eigenvalue weighted by molar-refractivity contribution is 14.1. The highest BCUT2D eigenvalue weighted by atomic mass is 127. The van der Waals surface area contributed by atoms with Crippen molar-refractivity contribution in [2.45, 2.75) is 12.8 Å². The number of benzene rings is 2. The third-order valence-corrected chi connectivity index (χ3v) is 3.69. The molecule has 0 unspecified atom stereocenters. The zero-order valence-corrected chi connectivity index (χ0v) is 13.1. The predicted molar refractivity (Wildman–Crippen MR) is 84.1 cm³/mol. The summed E-state index contributed by atoms with van der Waals surface area (Å²) in [5.41, 5.74) is 0. The van der Waals surface area contributed by atoms with E-state index in [1.165, 1.54) is 0 Å². The molecule has 0 aliphatic carbocycles. The summed E-state index contributed by atoms with van der Waals surface area (Å²) < 4.78 is 5.86. The van der Waals surface area contributed by atoms with Crippen LogP contribution in [0.15, 0.2) is 30.3 Å². The van der Waals surface area contributed by atoms with Gasteiger partial charge in [0.1, 0.15) is 11.5 Å².